The number of hydrogen-bond acceptors (Lipinski definition) is 7. The molecule has 1 aliphatic heterocycles. The van der Waals surface area contributed by atoms with E-state index in [1.54, 1.807) is 0 Å². The Bertz CT molecular complexity index is 800. The number of halogens is 3. The molecule has 1 aliphatic rings. The van der Waals surface area contributed by atoms with Gasteiger partial charge in [0.25, 0.3) is 5.56 Å². The van der Waals surface area contributed by atoms with Crippen molar-refractivity contribution in [1.29, 1.82) is 0 Å². The molecule has 0 bridgehead atoms. The second-order valence-electron chi connectivity index (χ2n) is 5.04. The highest BCUT2D eigenvalue weighted by atomic mass is 31.2. The van der Waals surface area contributed by atoms with Gasteiger partial charge in [0, 0.05) is 6.20 Å². The maximum atomic E-state index is 12.8. The van der Waals surface area contributed by atoms with E-state index < -0.39 is 62.0 Å². The number of nitrogens with zero attached hydrogens (tertiary/aromatic N) is 1. The number of aliphatic hydroxyl groups is 2. The van der Waals surface area contributed by atoms with Gasteiger partial charge in [-0.05, 0) is 0 Å². The average Bonchev–Trinajstić information content (AvgIpc) is 2.71. The zero-order chi connectivity index (χ0) is 19.2. The fraction of sp³-hybridized carbons (Fsp3) is 0.600. The van der Waals surface area contributed by atoms with Crippen molar-refractivity contribution in [2.75, 3.05) is 6.61 Å². The fourth-order valence-corrected chi connectivity index (χ4v) is 2.48. The van der Waals surface area contributed by atoms with Crippen LogP contribution < -0.4 is 11.2 Å². The van der Waals surface area contributed by atoms with Crippen molar-refractivity contribution in [3.05, 3.63) is 32.6 Å². The molecule has 142 valence electrons. The largest absolute Gasteiger partial charge is 0.469 e. The minimum absolute atomic E-state index is 0.105. The number of hydrogen-bond donors (Lipinski definition) is 5. The molecular weight excluding hydrogens is 380 g/mol. The summed E-state index contributed by atoms with van der Waals surface area (Å²) in [6, 6.07) is 0. The summed E-state index contributed by atoms with van der Waals surface area (Å²) in [5.41, 5.74) is -4.80. The summed E-state index contributed by atoms with van der Waals surface area (Å²) in [7, 11) is -4.94. The Balaban J connectivity index is 2.34. The molecule has 0 radical (unpaired) electrons. The van der Waals surface area contributed by atoms with Crippen LogP contribution in [0.25, 0.3) is 0 Å². The maximum absolute atomic E-state index is 12.8. The summed E-state index contributed by atoms with van der Waals surface area (Å²) in [5.74, 6) is 0. The molecule has 4 atom stereocenters. The summed E-state index contributed by atoms with van der Waals surface area (Å²) < 4.78 is 58.1. The third kappa shape index (κ3) is 4.36. The molecule has 0 aliphatic carbocycles. The number of alkyl halides is 3. The van der Waals surface area contributed by atoms with E-state index in [0.29, 0.717) is 0 Å². The van der Waals surface area contributed by atoms with Crippen LogP contribution in [0.3, 0.4) is 0 Å². The summed E-state index contributed by atoms with van der Waals surface area (Å²) in [4.78, 5) is 41.5. The molecule has 0 aromatic carbocycles. The number of H-pyrrole nitrogens is 1. The van der Waals surface area contributed by atoms with Crippen LogP contribution in [0.5, 0.6) is 0 Å². The molecule has 0 unspecified atom stereocenters. The smallest absolute Gasteiger partial charge is 0.387 e. The van der Waals surface area contributed by atoms with E-state index in [-0.39, 0.29) is 10.8 Å². The zero-order valence-electron chi connectivity index (χ0n) is 12.0. The topological polar surface area (TPSA) is 171 Å². The summed E-state index contributed by atoms with van der Waals surface area (Å²) in [5, 5.41) is 19.6. The fourth-order valence-electron chi connectivity index (χ4n) is 2.14. The van der Waals surface area contributed by atoms with E-state index >= 15 is 0 Å². The third-order valence-electron chi connectivity index (χ3n) is 3.29. The van der Waals surface area contributed by atoms with Gasteiger partial charge in [0.05, 0.1) is 6.61 Å². The Morgan fingerprint density at radius 3 is 2.40 bits per heavy atom. The van der Waals surface area contributed by atoms with Crippen molar-refractivity contribution in [2.24, 2.45) is 0 Å². The van der Waals surface area contributed by atoms with Crippen molar-refractivity contribution >= 4 is 7.82 Å². The van der Waals surface area contributed by atoms with Crippen molar-refractivity contribution < 1.29 is 47.0 Å². The van der Waals surface area contributed by atoms with E-state index in [9.17, 15) is 37.5 Å². The van der Waals surface area contributed by atoms with Gasteiger partial charge >= 0.3 is 19.7 Å². The van der Waals surface area contributed by atoms with Crippen LogP contribution in [-0.2, 0) is 20.0 Å². The van der Waals surface area contributed by atoms with Gasteiger partial charge in [0.1, 0.15) is 23.9 Å². The van der Waals surface area contributed by atoms with Gasteiger partial charge in [-0.25, -0.2) is 9.36 Å². The lowest BCUT2D eigenvalue weighted by molar-refractivity contribution is -0.140. The van der Waals surface area contributed by atoms with E-state index in [2.05, 4.69) is 4.52 Å². The lowest BCUT2D eigenvalue weighted by atomic mass is 10.1. The normalized spacial score (nSPS) is 27.6. The van der Waals surface area contributed by atoms with Gasteiger partial charge in [-0.1, -0.05) is 0 Å². The van der Waals surface area contributed by atoms with Gasteiger partial charge in [-0.2, -0.15) is 13.2 Å². The molecule has 5 N–H and O–H groups in total. The molecule has 0 saturated carbocycles. The highest BCUT2D eigenvalue weighted by Gasteiger charge is 2.46. The van der Waals surface area contributed by atoms with E-state index in [1.165, 1.54) is 4.98 Å². The second kappa shape index (κ2) is 6.64. The van der Waals surface area contributed by atoms with Gasteiger partial charge < -0.3 is 24.7 Å². The molecule has 2 rings (SSSR count). The Hall–Kier alpha value is -1.54. The summed E-state index contributed by atoms with van der Waals surface area (Å²) in [6.07, 6.45) is -12.2. The Morgan fingerprint density at radius 2 is 1.88 bits per heavy atom. The SMILES string of the molecule is O=c1[nH]c(=O)n([C@@H]2O[C@H](COP(=O)(O)O)[C@@H](O)[C@H]2O)cc1C(F)(F)F. The Morgan fingerprint density at radius 1 is 1.28 bits per heavy atom. The minimum Gasteiger partial charge on any atom is -0.387 e. The van der Waals surface area contributed by atoms with Gasteiger partial charge in [0.2, 0.25) is 0 Å². The molecule has 15 heteroatoms. The number of aromatic amines is 1. The van der Waals surface area contributed by atoms with Crippen LogP contribution in [0, 0.1) is 0 Å². The van der Waals surface area contributed by atoms with Crippen LogP contribution in [0.1, 0.15) is 11.8 Å². The number of phosphoric acid groups is 1. The molecule has 11 nitrogen and oxygen atoms in total. The Labute approximate surface area is 135 Å². The van der Waals surface area contributed by atoms with E-state index in [0.717, 1.165) is 0 Å². The van der Waals surface area contributed by atoms with Crippen LogP contribution in [-0.4, -0.2) is 54.5 Å². The summed E-state index contributed by atoms with van der Waals surface area (Å²) in [6.45, 7) is -0.913. The number of rotatable bonds is 4. The van der Waals surface area contributed by atoms with Crippen molar-refractivity contribution in [2.45, 2.75) is 30.7 Å². The zero-order valence-corrected chi connectivity index (χ0v) is 12.8. The molecule has 1 fully saturated rings. The van der Waals surface area contributed by atoms with Crippen molar-refractivity contribution in [1.82, 2.24) is 9.55 Å². The monoisotopic (exact) mass is 392 g/mol. The van der Waals surface area contributed by atoms with Crippen LogP contribution in [0.15, 0.2) is 15.8 Å². The first-order valence-corrected chi connectivity index (χ1v) is 7.98. The van der Waals surface area contributed by atoms with Crippen LogP contribution >= 0.6 is 7.82 Å². The van der Waals surface area contributed by atoms with Crippen LogP contribution in [0.2, 0.25) is 0 Å². The predicted molar refractivity (Wildman–Crippen MR) is 70.2 cm³/mol. The number of aromatic nitrogens is 2. The van der Waals surface area contributed by atoms with Gasteiger partial charge in [-0.15, -0.1) is 0 Å². The van der Waals surface area contributed by atoms with E-state index in [1.807, 2.05) is 0 Å². The minimum atomic E-state index is -5.10. The molecule has 1 saturated heterocycles. The highest BCUT2D eigenvalue weighted by Crippen LogP contribution is 2.38. The summed E-state index contributed by atoms with van der Waals surface area (Å²) >= 11 is 0. The van der Waals surface area contributed by atoms with Crippen molar-refractivity contribution in [3.8, 4) is 0 Å². The standard InChI is InChI=1S/C10H12F3N2O9P/c11-10(12,13)3-1-15(9(19)14-7(3)18)8-6(17)5(16)4(24-8)2-23-25(20,21)22/h1,4-6,8,16-17H,2H2,(H,14,18,19)(H2,20,21,22)/t4-,5-,6-,8-/m1/s1. The predicted octanol–water partition coefficient (Wildman–Crippen LogP) is -1.72. The molecule has 1 aromatic rings. The van der Waals surface area contributed by atoms with Crippen LogP contribution in [0.4, 0.5) is 13.2 Å². The van der Waals surface area contributed by atoms with E-state index in [4.69, 9.17) is 14.5 Å². The number of ether oxygens (including phenoxy) is 1. The lowest BCUT2D eigenvalue weighted by Gasteiger charge is -2.18. The molecule has 2 heterocycles. The second-order valence-corrected chi connectivity index (χ2v) is 6.28. The van der Waals surface area contributed by atoms with Gasteiger partial charge in [0.15, 0.2) is 6.23 Å². The molecular formula is C10H12F3N2O9P. The first kappa shape index (κ1) is 19.8. The molecule has 0 spiro atoms. The Kier molecular flexibility index (Phi) is 5.26. The number of nitrogens with one attached hydrogen (secondary N) is 1. The molecule has 0 amide bonds. The molecule has 25 heavy (non-hydrogen) atoms. The van der Waals surface area contributed by atoms with Crippen molar-refractivity contribution in [3.63, 3.8) is 0 Å². The average molecular weight is 392 g/mol. The van der Waals surface area contributed by atoms with Gasteiger partial charge in [-0.3, -0.25) is 18.9 Å². The number of aliphatic hydroxyl groups excluding tert-OH is 2. The molecule has 1 aromatic heterocycles. The number of phosphoric ester groups is 1. The maximum Gasteiger partial charge on any atom is 0.469 e. The lowest BCUT2D eigenvalue weighted by Crippen LogP contribution is -2.40. The quantitative estimate of drug-likeness (QED) is 0.374. The highest BCUT2D eigenvalue weighted by molar-refractivity contribution is 7.46. The third-order valence-corrected chi connectivity index (χ3v) is 3.78. The first-order chi connectivity index (χ1) is 11.3. The first-order valence-electron chi connectivity index (χ1n) is 6.45.